The Balaban J connectivity index is 0.00000288. The second-order valence-electron chi connectivity index (χ2n) is 6.06. The van der Waals surface area contributed by atoms with Gasteiger partial charge in [0.1, 0.15) is 0 Å². The van der Waals surface area contributed by atoms with Gasteiger partial charge in [0.15, 0.2) is 11.5 Å². The third kappa shape index (κ3) is 5.43. The summed E-state index contributed by atoms with van der Waals surface area (Å²) in [5, 5.41) is 3.64. The number of ether oxygens (including phenoxy) is 2. The van der Waals surface area contributed by atoms with Crippen LogP contribution in [0.4, 0.5) is 0 Å². The van der Waals surface area contributed by atoms with Crippen LogP contribution in [0.3, 0.4) is 0 Å². The molecular weight excluding hydrogens is 351 g/mol. The molecule has 0 aromatic heterocycles. The first-order valence-electron chi connectivity index (χ1n) is 8.03. The van der Waals surface area contributed by atoms with E-state index in [9.17, 15) is 4.79 Å². The van der Waals surface area contributed by atoms with Gasteiger partial charge in [-0.25, -0.2) is 0 Å². The standard InChI is InChI=1S/C17H25ClN2O3.ClH/c1-12(2)4-9-23-16-14(18)10-13(11-15(16)22-3)17(21)20-7-5-19-6-8-20;/h10-12,19H,4-9H2,1-3H3;1H. The highest BCUT2D eigenvalue weighted by Crippen LogP contribution is 2.37. The van der Waals surface area contributed by atoms with Crippen LogP contribution < -0.4 is 14.8 Å². The predicted molar refractivity (Wildman–Crippen MR) is 99.0 cm³/mol. The Hall–Kier alpha value is -1.17. The van der Waals surface area contributed by atoms with E-state index in [0.717, 1.165) is 19.5 Å². The van der Waals surface area contributed by atoms with Crippen molar-refractivity contribution in [2.45, 2.75) is 20.3 Å². The SMILES string of the molecule is COc1cc(C(=O)N2CCNCC2)cc(Cl)c1OCCC(C)C.Cl. The average Bonchev–Trinajstić information content (AvgIpc) is 2.55. The van der Waals surface area contributed by atoms with Crippen LogP contribution in [0.1, 0.15) is 30.6 Å². The van der Waals surface area contributed by atoms with E-state index in [-0.39, 0.29) is 18.3 Å². The third-order valence-corrected chi connectivity index (χ3v) is 4.10. The fourth-order valence-corrected chi connectivity index (χ4v) is 2.70. The van der Waals surface area contributed by atoms with Crippen molar-refractivity contribution in [2.24, 2.45) is 5.92 Å². The number of amides is 1. The van der Waals surface area contributed by atoms with Gasteiger partial charge < -0.3 is 19.7 Å². The third-order valence-electron chi connectivity index (χ3n) is 3.82. The van der Waals surface area contributed by atoms with Crippen LogP contribution in [0, 0.1) is 5.92 Å². The number of nitrogens with zero attached hydrogens (tertiary/aromatic N) is 1. The molecule has 0 aliphatic carbocycles. The molecule has 0 radical (unpaired) electrons. The number of hydrogen-bond acceptors (Lipinski definition) is 4. The monoisotopic (exact) mass is 376 g/mol. The first kappa shape index (κ1) is 20.9. The van der Waals surface area contributed by atoms with Gasteiger partial charge in [0, 0.05) is 31.7 Å². The van der Waals surface area contributed by atoms with Crippen molar-refractivity contribution >= 4 is 29.9 Å². The van der Waals surface area contributed by atoms with Gasteiger partial charge in [-0.2, -0.15) is 0 Å². The molecule has 1 aromatic carbocycles. The smallest absolute Gasteiger partial charge is 0.254 e. The maximum Gasteiger partial charge on any atom is 0.254 e. The molecule has 1 heterocycles. The minimum absolute atomic E-state index is 0. The molecule has 1 amide bonds. The Labute approximate surface area is 155 Å². The highest BCUT2D eigenvalue weighted by molar-refractivity contribution is 6.32. The molecule has 1 N–H and O–H groups in total. The lowest BCUT2D eigenvalue weighted by atomic mass is 10.1. The molecule has 1 aromatic rings. The van der Waals surface area contributed by atoms with E-state index in [2.05, 4.69) is 19.2 Å². The Morgan fingerprint density at radius 3 is 2.58 bits per heavy atom. The van der Waals surface area contributed by atoms with E-state index in [0.29, 0.717) is 47.7 Å². The molecule has 24 heavy (non-hydrogen) atoms. The summed E-state index contributed by atoms with van der Waals surface area (Å²) in [6, 6.07) is 3.38. The molecule has 7 heteroatoms. The molecule has 0 unspecified atom stereocenters. The van der Waals surface area contributed by atoms with Gasteiger partial charge in [-0.3, -0.25) is 4.79 Å². The lowest BCUT2D eigenvalue weighted by molar-refractivity contribution is 0.0735. The fraction of sp³-hybridized carbons (Fsp3) is 0.588. The largest absolute Gasteiger partial charge is 0.493 e. The minimum atomic E-state index is -0.0274. The van der Waals surface area contributed by atoms with E-state index < -0.39 is 0 Å². The minimum Gasteiger partial charge on any atom is -0.493 e. The maximum absolute atomic E-state index is 12.6. The van der Waals surface area contributed by atoms with Gasteiger partial charge in [0.05, 0.1) is 18.7 Å². The van der Waals surface area contributed by atoms with Crippen LogP contribution in [-0.2, 0) is 0 Å². The number of carbonyl (C=O) groups is 1. The molecule has 1 aliphatic heterocycles. The fourth-order valence-electron chi connectivity index (χ4n) is 2.43. The molecule has 0 bridgehead atoms. The molecule has 2 rings (SSSR count). The van der Waals surface area contributed by atoms with E-state index in [4.69, 9.17) is 21.1 Å². The summed E-state index contributed by atoms with van der Waals surface area (Å²) in [6.45, 7) is 7.87. The predicted octanol–water partition coefficient (Wildman–Crippen LogP) is 3.24. The molecule has 1 saturated heterocycles. The first-order chi connectivity index (χ1) is 11.0. The van der Waals surface area contributed by atoms with Crippen LogP contribution in [0.25, 0.3) is 0 Å². The van der Waals surface area contributed by atoms with E-state index >= 15 is 0 Å². The van der Waals surface area contributed by atoms with E-state index in [1.165, 1.54) is 0 Å². The zero-order valence-electron chi connectivity index (χ0n) is 14.4. The van der Waals surface area contributed by atoms with Crippen molar-refractivity contribution < 1.29 is 14.3 Å². The Bertz CT molecular complexity index is 547. The molecule has 5 nitrogen and oxygen atoms in total. The molecular formula is C17H26Cl2N2O3. The lowest BCUT2D eigenvalue weighted by Crippen LogP contribution is -2.46. The number of hydrogen-bond donors (Lipinski definition) is 1. The second kappa shape index (κ2) is 9.97. The summed E-state index contributed by atoms with van der Waals surface area (Å²) in [7, 11) is 1.56. The first-order valence-corrected chi connectivity index (χ1v) is 8.41. The Morgan fingerprint density at radius 1 is 1.33 bits per heavy atom. The normalized spacial score (nSPS) is 14.3. The molecule has 1 fully saturated rings. The quantitative estimate of drug-likeness (QED) is 0.827. The van der Waals surface area contributed by atoms with E-state index in [1.807, 2.05) is 4.90 Å². The number of nitrogens with one attached hydrogen (secondary N) is 1. The molecule has 1 aliphatic rings. The van der Waals surface area contributed by atoms with Crippen LogP contribution in [0.2, 0.25) is 5.02 Å². The number of carbonyl (C=O) groups excluding carboxylic acids is 1. The lowest BCUT2D eigenvalue weighted by Gasteiger charge is -2.27. The Kier molecular flexibility index (Phi) is 8.67. The van der Waals surface area contributed by atoms with Crippen molar-refractivity contribution in [1.29, 1.82) is 0 Å². The molecule has 0 spiro atoms. The van der Waals surface area contributed by atoms with Gasteiger partial charge in [-0.15, -0.1) is 12.4 Å². The van der Waals surface area contributed by atoms with Gasteiger partial charge >= 0.3 is 0 Å². The number of methoxy groups -OCH3 is 1. The summed E-state index contributed by atoms with van der Waals surface area (Å²) in [5.41, 5.74) is 0.532. The zero-order chi connectivity index (χ0) is 16.8. The summed E-state index contributed by atoms with van der Waals surface area (Å²) < 4.78 is 11.1. The molecule has 136 valence electrons. The highest BCUT2D eigenvalue weighted by atomic mass is 35.5. The van der Waals surface area contributed by atoms with Crippen molar-refractivity contribution in [1.82, 2.24) is 10.2 Å². The summed E-state index contributed by atoms with van der Waals surface area (Å²) >= 11 is 6.32. The Morgan fingerprint density at radius 2 is 2.00 bits per heavy atom. The van der Waals surface area contributed by atoms with Gasteiger partial charge in [0.2, 0.25) is 0 Å². The van der Waals surface area contributed by atoms with Crippen molar-refractivity contribution in [2.75, 3.05) is 39.9 Å². The van der Waals surface area contributed by atoms with Crippen LogP contribution in [0.5, 0.6) is 11.5 Å². The maximum atomic E-state index is 12.6. The van der Waals surface area contributed by atoms with Gasteiger partial charge in [-0.05, 0) is 24.5 Å². The summed E-state index contributed by atoms with van der Waals surface area (Å²) in [6.07, 6.45) is 0.931. The molecule has 0 atom stereocenters. The van der Waals surface area contributed by atoms with Gasteiger partial charge in [-0.1, -0.05) is 25.4 Å². The van der Waals surface area contributed by atoms with Gasteiger partial charge in [0.25, 0.3) is 5.91 Å². The second-order valence-corrected chi connectivity index (χ2v) is 6.47. The number of halogens is 2. The van der Waals surface area contributed by atoms with Crippen LogP contribution >= 0.6 is 24.0 Å². The van der Waals surface area contributed by atoms with E-state index in [1.54, 1.807) is 19.2 Å². The summed E-state index contributed by atoms with van der Waals surface area (Å²) in [4.78, 5) is 14.4. The summed E-state index contributed by atoms with van der Waals surface area (Å²) in [5.74, 6) is 1.53. The highest BCUT2D eigenvalue weighted by Gasteiger charge is 2.21. The topological polar surface area (TPSA) is 50.8 Å². The number of piperazine rings is 1. The van der Waals surface area contributed by atoms with Crippen molar-refractivity contribution in [3.8, 4) is 11.5 Å². The average molecular weight is 377 g/mol. The van der Waals surface area contributed by atoms with Crippen LogP contribution in [-0.4, -0.2) is 50.7 Å². The number of rotatable bonds is 6. The molecule has 0 saturated carbocycles. The van der Waals surface area contributed by atoms with Crippen molar-refractivity contribution in [3.05, 3.63) is 22.7 Å². The van der Waals surface area contributed by atoms with Crippen molar-refractivity contribution in [3.63, 3.8) is 0 Å². The van der Waals surface area contributed by atoms with Crippen LogP contribution in [0.15, 0.2) is 12.1 Å². The zero-order valence-corrected chi connectivity index (χ0v) is 16.0. The number of benzene rings is 1.